The number of rotatable bonds is 7. The van der Waals surface area contributed by atoms with E-state index in [1.54, 1.807) is 13.2 Å². The lowest BCUT2D eigenvalue weighted by molar-refractivity contribution is 0.0948. The lowest BCUT2D eigenvalue weighted by atomic mass is 9.95. The van der Waals surface area contributed by atoms with Crippen LogP contribution in [0.3, 0.4) is 0 Å². The van der Waals surface area contributed by atoms with Crippen molar-refractivity contribution in [2.24, 2.45) is 0 Å². The third-order valence-corrected chi connectivity index (χ3v) is 7.06. The van der Waals surface area contributed by atoms with Crippen LogP contribution in [0.5, 0.6) is 0 Å². The summed E-state index contributed by atoms with van der Waals surface area (Å²) in [7, 11) is 1.65. The second-order valence-corrected chi connectivity index (χ2v) is 9.64. The third kappa shape index (κ3) is 4.54. The van der Waals surface area contributed by atoms with Gasteiger partial charge >= 0.3 is 0 Å². The number of ether oxygens (including phenoxy) is 1. The molecule has 0 saturated heterocycles. The van der Waals surface area contributed by atoms with E-state index in [4.69, 9.17) is 4.74 Å². The van der Waals surface area contributed by atoms with Crippen LogP contribution in [0.4, 0.5) is 5.00 Å². The van der Waals surface area contributed by atoms with Gasteiger partial charge in [-0.05, 0) is 65.7 Å². The zero-order chi connectivity index (χ0) is 18.5. The fourth-order valence-corrected chi connectivity index (χ4v) is 5.57. The molecule has 2 aromatic rings. The molecule has 0 fully saturated rings. The van der Waals surface area contributed by atoms with E-state index in [0.717, 1.165) is 41.5 Å². The Morgan fingerprint density at radius 1 is 1.19 bits per heavy atom. The maximum atomic E-state index is 12.8. The van der Waals surface area contributed by atoms with E-state index in [9.17, 15) is 9.59 Å². The summed E-state index contributed by atoms with van der Waals surface area (Å²) in [6.45, 7) is 1.17. The van der Waals surface area contributed by atoms with E-state index in [1.807, 2.05) is 6.07 Å². The number of nitrogens with one attached hydrogen (secondary N) is 2. The van der Waals surface area contributed by atoms with Gasteiger partial charge in [-0.25, -0.2) is 0 Å². The SMILES string of the molecule is COCCCNC(=O)c1c(NC(=O)c2ccc(Br)s2)sc2c1CCCC2. The van der Waals surface area contributed by atoms with E-state index in [-0.39, 0.29) is 11.8 Å². The summed E-state index contributed by atoms with van der Waals surface area (Å²) in [5.41, 5.74) is 1.75. The highest BCUT2D eigenvalue weighted by Gasteiger charge is 2.26. The van der Waals surface area contributed by atoms with Gasteiger partial charge in [0.2, 0.25) is 0 Å². The van der Waals surface area contributed by atoms with Gasteiger partial charge in [0, 0.05) is 25.1 Å². The molecule has 8 heteroatoms. The summed E-state index contributed by atoms with van der Waals surface area (Å²) < 4.78 is 5.93. The molecule has 0 radical (unpaired) electrons. The highest BCUT2D eigenvalue weighted by molar-refractivity contribution is 9.11. The molecule has 0 saturated carbocycles. The fraction of sp³-hybridized carbons (Fsp3) is 0.444. The molecule has 140 valence electrons. The van der Waals surface area contributed by atoms with Gasteiger partial charge < -0.3 is 15.4 Å². The number of halogens is 1. The van der Waals surface area contributed by atoms with Gasteiger partial charge in [-0.1, -0.05) is 0 Å². The average Bonchev–Trinajstić information content (AvgIpc) is 3.21. The van der Waals surface area contributed by atoms with E-state index in [2.05, 4.69) is 26.6 Å². The van der Waals surface area contributed by atoms with Crippen LogP contribution in [0.2, 0.25) is 0 Å². The van der Waals surface area contributed by atoms with Crippen LogP contribution in [0.1, 0.15) is 49.7 Å². The molecule has 5 nitrogen and oxygen atoms in total. The molecule has 2 heterocycles. The summed E-state index contributed by atoms with van der Waals surface area (Å²) in [6, 6.07) is 3.63. The number of carbonyl (C=O) groups is 2. The number of hydrogen-bond donors (Lipinski definition) is 2. The van der Waals surface area contributed by atoms with Crippen LogP contribution in [0.15, 0.2) is 15.9 Å². The lowest BCUT2D eigenvalue weighted by Crippen LogP contribution is -2.27. The van der Waals surface area contributed by atoms with Crippen LogP contribution in [0.25, 0.3) is 0 Å². The standard InChI is InChI=1S/C18H21BrN2O3S2/c1-24-10-4-9-20-17(23)15-11-5-2-3-6-12(11)26-18(15)21-16(22)13-7-8-14(19)25-13/h7-8H,2-6,9-10H2,1H3,(H,20,23)(H,21,22). The Kier molecular flexibility index (Phi) is 6.86. The lowest BCUT2D eigenvalue weighted by Gasteiger charge is -2.13. The van der Waals surface area contributed by atoms with Gasteiger partial charge in [-0.15, -0.1) is 22.7 Å². The molecular weight excluding hydrogens is 436 g/mol. The molecular formula is C18H21BrN2O3S2. The van der Waals surface area contributed by atoms with Crippen molar-refractivity contribution in [3.8, 4) is 0 Å². The number of amides is 2. The first-order valence-corrected chi connectivity index (χ1v) is 11.0. The van der Waals surface area contributed by atoms with Crippen molar-refractivity contribution in [3.63, 3.8) is 0 Å². The van der Waals surface area contributed by atoms with Crippen LogP contribution >= 0.6 is 38.6 Å². The van der Waals surface area contributed by atoms with Crippen LogP contribution < -0.4 is 10.6 Å². The topological polar surface area (TPSA) is 67.4 Å². The quantitative estimate of drug-likeness (QED) is 0.603. The van der Waals surface area contributed by atoms with Crippen molar-refractivity contribution in [1.82, 2.24) is 5.32 Å². The molecule has 1 aliphatic rings. The fourth-order valence-electron chi connectivity index (χ4n) is 3.00. The molecule has 0 atom stereocenters. The van der Waals surface area contributed by atoms with Crippen LogP contribution in [-0.2, 0) is 17.6 Å². The maximum absolute atomic E-state index is 12.8. The first kappa shape index (κ1) is 19.5. The first-order valence-electron chi connectivity index (χ1n) is 8.58. The second-order valence-electron chi connectivity index (χ2n) is 6.08. The Balaban J connectivity index is 1.81. The maximum Gasteiger partial charge on any atom is 0.266 e. The normalized spacial score (nSPS) is 13.3. The summed E-state index contributed by atoms with van der Waals surface area (Å²) in [6.07, 6.45) is 4.85. The molecule has 3 rings (SSSR count). The molecule has 0 bridgehead atoms. The summed E-state index contributed by atoms with van der Waals surface area (Å²) in [5.74, 6) is -0.282. The summed E-state index contributed by atoms with van der Waals surface area (Å²) in [5, 5.41) is 6.59. The Labute approximate surface area is 169 Å². The van der Waals surface area contributed by atoms with Crippen molar-refractivity contribution < 1.29 is 14.3 Å². The highest BCUT2D eigenvalue weighted by Crippen LogP contribution is 2.38. The minimum atomic E-state index is -0.173. The minimum Gasteiger partial charge on any atom is -0.385 e. The number of carbonyl (C=O) groups excluding carboxylic acids is 2. The number of methoxy groups -OCH3 is 1. The van der Waals surface area contributed by atoms with E-state index < -0.39 is 0 Å². The number of anilines is 1. The van der Waals surface area contributed by atoms with E-state index >= 15 is 0 Å². The van der Waals surface area contributed by atoms with Crippen molar-refractivity contribution in [2.75, 3.05) is 25.6 Å². The van der Waals surface area contributed by atoms with E-state index in [1.165, 1.54) is 27.6 Å². The number of thiophene rings is 2. The Morgan fingerprint density at radius 3 is 2.73 bits per heavy atom. The molecule has 0 unspecified atom stereocenters. The van der Waals surface area contributed by atoms with Gasteiger partial charge in [0.15, 0.2) is 0 Å². The Hall–Kier alpha value is -1.22. The Bertz CT molecular complexity index is 800. The molecule has 0 aromatic carbocycles. The molecule has 0 aliphatic heterocycles. The monoisotopic (exact) mass is 456 g/mol. The van der Waals surface area contributed by atoms with Gasteiger partial charge in [0.05, 0.1) is 14.2 Å². The zero-order valence-corrected chi connectivity index (χ0v) is 17.7. The molecule has 2 amide bonds. The first-order chi connectivity index (χ1) is 12.6. The number of fused-ring (bicyclic) bond motifs is 1. The predicted molar refractivity (Wildman–Crippen MR) is 110 cm³/mol. The smallest absolute Gasteiger partial charge is 0.266 e. The number of hydrogen-bond acceptors (Lipinski definition) is 5. The molecule has 26 heavy (non-hydrogen) atoms. The summed E-state index contributed by atoms with van der Waals surface area (Å²) >= 11 is 6.30. The third-order valence-electron chi connectivity index (χ3n) is 4.23. The number of aryl methyl sites for hydroxylation is 1. The molecule has 2 N–H and O–H groups in total. The van der Waals surface area contributed by atoms with E-state index in [0.29, 0.717) is 28.6 Å². The highest BCUT2D eigenvalue weighted by atomic mass is 79.9. The van der Waals surface area contributed by atoms with Gasteiger partial charge in [0.25, 0.3) is 11.8 Å². The minimum absolute atomic E-state index is 0.108. The van der Waals surface area contributed by atoms with Gasteiger partial charge in [0.1, 0.15) is 5.00 Å². The molecule has 1 aliphatic carbocycles. The second kappa shape index (κ2) is 9.12. The van der Waals surface area contributed by atoms with Crippen molar-refractivity contribution in [3.05, 3.63) is 36.8 Å². The average molecular weight is 457 g/mol. The van der Waals surface area contributed by atoms with Gasteiger partial charge in [-0.3, -0.25) is 9.59 Å². The molecule has 0 spiro atoms. The van der Waals surface area contributed by atoms with Crippen LogP contribution in [-0.4, -0.2) is 32.1 Å². The zero-order valence-electron chi connectivity index (χ0n) is 14.5. The predicted octanol–water partition coefficient (Wildman–Crippen LogP) is 4.47. The molecule has 2 aromatic heterocycles. The largest absolute Gasteiger partial charge is 0.385 e. The van der Waals surface area contributed by atoms with Gasteiger partial charge in [-0.2, -0.15) is 0 Å². The van der Waals surface area contributed by atoms with Crippen molar-refractivity contribution in [2.45, 2.75) is 32.1 Å². The van der Waals surface area contributed by atoms with Crippen molar-refractivity contribution >= 4 is 55.4 Å². The van der Waals surface area contributed by atoms with Crippen LogP contribution in [0, 0.1) is 0 Å². The Morgan fingerprint density at radius 2 is 2.00 bits per heavy atom. The van der Waals surface area contributed by atoms with Crippen molar-refractivity contribution in [1.29, 1.82) is 0 Å². The summed E-state index contributed by atoms with van der Waals surface area (Å²) in [4.78, 5) is 27.2.